The van der Waals surface area contributed by atoms with Crippen LogP contribution in [-0.4, -0.2) is 19.2 Å². The van der Waals surface area contributed by atoms with Crippen LogP contribution in [0.3, 0.4) is 0 Å². The molecule has 0 heterocycles. The number of methoxy groups -OCH3 is 1. The fraction of sp³-hybridized carbons (Fsp3) is 0.417. The number of halogens is 1. The summed E-state index contributed by atoms with van der Waals surface area (Å²) < 4.78 is 10.1. The Morgan fingerprint density at radius 1 is 1.50 bits per heavy atom. The van der Waals surface area contributed by atoms with E-state index in [1.54, 1.807) is 6.92 Å². The van der Waals surface area contributed by atoms with Gasteiger partial charge in [-0.1, -0.05) is 12.1 Å². The van der Waals surface area contributed by atoms with Crippen molar-refractivity contribution < 1.29 is 14.3 Å². The number of aryl methyl sites for hydroxylation is 1. The van der Waals surface area contributed by atoms with Gasteiger partial charge in [0.15, 0.2) is 6.10 Å². The minimum Gasteiger partial charge on any atom is -0.479 e. The highest BCUT2D eigenvalue weighted by Crippen LogP contribution is 2.23. The van der Waals surface area contributed by atoms with E-state index in [0.29, 0.717) is 11.6 Å². The number of hydrogen-bond donors (Lipinski definition) is 0. The molecule has 0 aliphatic heterocycles. The first-order valence-electron chi connectivity index (χ1n) is 4.98. The molecule has 0 aliphatic rings. The molecule has 0 aliphatic carbocycles. The lowest BCUT2D eigenvalue weighted by atomic mass is 10.1. The number of hydrogen-bond acceptors (Lipinski definition) is 3. The van der Waals surface area contributed by atoms with Crippen LogP contribution in [0.2, 0.25) is 0 Å². The highest BCUT2D eigenvalue weighted by molar-refractivity contribution is 6.17. The molecule has 0 amide bonds. The molecular weight excluding hydrogens is 228 g/mol. The van der Waals surface area contributed by atoms with Crippen LogP contribution < -0.4 is 4.74 Å². The van der Waals surface area contributed by atoms with E-state index in [0.717, 1.165) is 11.1 Å². The van der Waals surface area contributed by atoms with Crippen LogP contribution in [0, 0.1) is 6.92 Å². The van der Waals surface area contributed by atoms with Crippen molar-refractivity contribution >= 4 is 17.6 Å². The molecule has 0 saturated carbocycles. The SMILES string of the molecule is COC(=O)C(C)Oc1cc(C)ccc1CCl. The van der Waals surface area contributed by atoms with E-state index in [9.17, 15) is 4.79 Å². The van der Waals surface area contributed by atoms with Crippen LogP contribution in [0.4, 0.5) is 0 Å². The van der Waals surface area contributed by atoms with Gasteiger partial charge in [-0.05, 0) is 25.5 Å². The largest absolute Gasteiger partial charge is 0.479 e. The molecule has 0 saturated heterocycles. The quantitative estimate of drug-likeness (QED) is 0.602. The number of alkyl halides is 1. The van der Waals surface area contributed by atoms with Gasteiger partial charge in [0.1, 0.15) is 5.75 Å². The predicted molar refractivity (Wildman–Crippen MR) is 62.8 cm³/mol. The molecular formula is C12H15ClO3. The number of rotatable bonds is 4. The average molecular weight is 243 g/mol. The van der Waals surface area contributed by atoms with Gasteiger partial charge in [0.05, 0.1) is 13.0 Å². The zero-order chi connectivity index (χ0) is 12.1. The van der Waals surface area contributed by atoms with E-state index in [1.807, 2.05) is 25.1 Å². The standard InChI is InChI=1S/C12H15ClO3/c1-8-4-5-10(7-13)11(6-8)16-9(2)12(14)15-3/h4-6,9H,7H2,1-3H3. The Morgan fingerprint density at radius 3 is 2.75 bits per heavy atom. The highest BCUT2D eigenvalue weighted by Gasteiger charge is 2.16. The van der Waals surface area contributed by atoms with Gasteiger partial charge < -0.3 is 9.47 Å². The monoisotopic (exact) mass is 242 g/mol. The van der Waals surface area contributed by atoms with Gasteiger partial charge in [-0.2, -0.15) is 0 Å². The maximum atomic E-state index is 11.2. The van der Waals surface area contributed by atoms with Crippen LogP contribution in [0.15, 0.2) is 18.2 Å². The molecule has 0 bridgehead atoms. The summed E-state index contributed by atoms with van der Waals surface area (Å²) in [6.45, 7) is 3.60. The third kappa shape index (κ3) is 3.14. The van der Waals surface area contributed by atoms with Crippen LogP contribution in [0.1, 0.15) is 18.1 Å². The molecule has 0 aromatic heterocycles. The zero-order valence-electron chi connectivity index (χ0n) is 9.62. The summed E-state index contributed by atoms with van der Waals surface area (Å²) in [7, 11) is 1.33. The van der Waals surface area contributed by atoms with Gasteiger partial charge in [0.2, 0.25) is 0 Å². The van der Waals surface area contributed by atoms with Crippen molar-refractivity contribution in [2.24, 2.45) is 0 Å². The van der Waals surface area contributed by atoms with Crippen LogP contribution >= 0.6 is 11.6 Å². The first-order chi connectivity index (χ1) is 7.58. The smallest absolute Gasteiger partial charge is 0.346 e. The van der Waals surface area contributed by atoms with Crippen molar-refractivity contribution in [2.45, 2.75) is 25.8 Å². The van der Waals surface area contributed by atoms with Crippen molar-refractivity contribution in [3.63, 3.8) is 0 Å². The van der Waals surface area contributed by atoms with E-state index in [-0.39, 0.29) is 0 Å². The lowest BCUT2D eigenvalue weighted by Crippen LogP contribution is -2.25. The van der Waals surface area contributed by atoms with Crippen LogP contribution in [-0.2, 0) is 15.4 Å². The molecule has 4 heteroatoms. The van der Waals surface area contributed by atoms with Gasteiger partial charge in [-0.15, -0.1) is 11.6 Å². The van der Waals surface area contributed by atoms with E-state index in [2.05, 4.69) is 4.74 Å². The third-order valence-electron chi connectivity index (χ3n) is 2.20. The number of carbonyl (C=O) groups excluding carboxylic acids is 1. The maximum Gasteiger partial charge on any atom is 0.346 e. The minimum absolute atomic E-state index is 0.351. The molecule has 1 aromatic rings. The molecule has 88 valence electrons. The van der Waals surface area contributed by atoms with E-state index >= 15 is 0 Å². The molecule has 0 spiro atoms. The van der Waals surface area contributed by atoms with Gasteiger partial charge in [0.25, 0.3) is 0 Å². The number of carbonyl (C=O) groups is 1. The summed E-state index contributed by atoms with van der Waals surface area (Å²) in [4.78, 5) is 11.2. The second kappa shape index (κ2) is 5.75. The Bertz CT molecular complexity index is 377. The minimum atomic E-state index is -0.631. The fourth-order valence-electron chi connectivity index (χ4n) is 1.29. The van der Waals surface area contributed by atoms with Crippen molar-refractivity contribution in [1.82, 2.24) is 0 Å². The van der Waals surface area contributed by atoms with Crippen molar-refractivity contribution in [3.8, 4) is 5.75 Å². The Balaban J connectivity index is 2.86. The Labute approximate surface area is 100 Å². The van der Waals surface area contributed by atoms with Gasteiger partial charge in [-0.3, -0.25) is 0 Å². The predicted octanol–water partition coefficient (Wildman–Crippen LogP) is 2.67. The van der Waals surface area contributed by atoms with Crippen molar-refractivity contribution in [1.29, 1.82) is 0 Å². The molecule has 1 unspecified atom stereocenters. The number of ether oxygens (including phenoxy) is 2. The molecule has 3 nitrogen and oxygen atoms in total. The summed E-state index contributed by atoms with van der Waals surface area (Å²) in [6, 6.07) is 5.70. The van der Waals surface area contributed by atoms with Crippen LogP contribution in [0.25, 0.3) is 0 Å². The average Bonchev–Trinajstić information content (AvgIpc) is 2.28. The Kier molecular flexibility index (Phi) is 4.62. The van der Waals surface area contributed by atoms with Crippen molar-refractivity contribution in [3.05, 3.63) is 29.3 Å². The fourth-order valence-corrected chi connectivity index (χ4v) is 1.51. The summed E-state index contributed by atoms with van der Waals surface area (Å²) in [5.74, 6) is 0.582. The second-order valence-corrected chi connectivity index (χ2v) is 3.80. The number of esters is 1. The Hall–Kier alpha value is -1.22. The molecule has 0 N–H and O–H groups in total. The van der Waals surface area contributed by atoms with Gasteiger partial charge >= 0.3 is 5.97 Å². The topological polar surface area (TPSA) is 35.5 Å². The Morgan fingerprint density at radius 2 is 2.19 bits per heavy atom. The first kappa shape index (κ1) is 12.8. The molecule has 1 rings (SSSR count). The normalized spacial score (nSPS) is 12.0. The molecule has 0 fully saturated rings. The third-order valence-corrected chi connectivity index (χ3v) is 2.49. The number of benzene rings is 1. The summed E-state index contributed by atoms with van der Waals surface area (Å²) in [5, 5.41) is 0. The first-order valence-corrected chi connectivity index (χ1v) is 5.52. The van der Waals surface area contributed by atoms with E-state index < -0.39 is 12.1 Å². The lowest BCUT2D eigenvalue weighted by molar-refractivity contribution is -0.147. The van der Waals surface area contributed by atoms with Crippen LogP contribution in [0.5, 0.6) is 5.75 Å². The van der Waals surface area contributed by atoms with Crippen molar-refractivity contribution in [2.75, 3.05) is 7.11 Å². The second-order valence-electron chi connectivity index (χ2n) is 3.53. The van der Waals surface area contributed by atoms with Gasteiger partial charge in [-0.25, -0.2) is 4.79 Å². The summed E-state index contributed by atoms with van der Waals surface area (Å²) >= 11 is 5.79. The molecule has 1 aromatic carbocycles. The summed E-state index contributed by atoms with van der Waals surface area (Å²) in [5.41, 5.74) is 1.92. The molecule has 16 heavy (non-hydrogen) atoms. The molecule has 0 radical (unpaired) electrons. The van der Waals surface area contributed by atoms with E-state index in [1.165, 1.54) is 7.11 Å². The highest BCUT2D eigenvalue weighted by atomic mass is 35.5. The molecule has 1 atom stereocenters. The van der Waals surface area contributed by atoms with Gasteiger partial charge in [0, 0.05) is 5.56 Å². The summed E-state index contributed by atoms with van der Waals surface area (Å²) in [6.07, 6.45) is -0.631. The zero-order valence-corrected chi connectivity index (χ0v) is 10.4. The maximum absolute atomic E-state index is 11.2. The van der Waals surface area contributed by atoms with E-state index in [4.69, 9.17) is 16.3 Å². The lowest BCUT2D eigenvalue weighted by Gasteiger charge is -2.15.